The van der Waals surface area contributed by atoms with E-state index in [1.54, 1.807) is 0 Å². The molecule has 19 heavy (non-hydrogen) atoms. The van der Waals surface area contributed by atoms with Crippen LogP contribution in [-0.4, -0.2) is 44.1 Å². The number of hydrogen-bond acceptors (Lipinski definition) is 4. The Labute approximate surface area is 113 Å². The molecule has 3 heterocycles. The summed E-state index contributed by atoms with van der Waals surface area (Å²) in [5, 5.41) is 9.21. The maximum atomic E-state index is 12.3. The van der Waals surface area contributed by atoms with E-state index in [0.29, 0.717) is 5.92 Å². The van der Waals surface area contributed by atoms with Crippen molar-refractivity contribution in [1.82, 2.24) is 9.62 Å². The van der Waals surface area contributed by atoms with Gasteiger partial charge in [0.15, 0.2) is 0 Å². The van der Waals surface area contributed by atoms with E-state index in [4.69, 9.17) is 0 Å². The summed E-state index contributed by atoms with van der Waals surface area (Å²) >= 11 is 0. The fraction of sp³-hybridized carbons (Fsp3) is 0.538. The third-order valence-corrected chi connectivity index (χ3v) is 5.62. The van der Waals surface area contributed by atoms with Gasteiger partial charge in [-0.05, 0) is 56.1 Å². The number of nitrogens with zero attached hydrogens (tertiary/aromatic N) is 1. The Balaban J connectivity index is 1.76. The quantitative estimate of drug-likeness (QED) is 0.859. The minimum Gasteiger partial charge on any atom is -0.508 e. The van der Waals surface area contributed by atoms with Crippen molar-refractivity contribution in [3.63, 3.8) is 0 Å². The summed E-state index contributed by atoms with van der Waals surface area (Å²) in [6.45, 7) is 2.98. The first kappa shape index (κ1) is 12.9. The fourth-order valence-corrected chi connectivity index (χ4v) is 4.29. The molecule has 3 aliphatic heterocycles. The molecule has 2 N–H and O–H groups in total. The van der Waals surface area contributed by atoms with Crippen LogP contribution in [0.3, 0.4) is 0 Å². The fourth-order valence-electron chi connectivity index (χ4n) is 2.99. The van der Waals surface area contributed by atoms with Gasteiger partial charge >= 0.3 is 0 Å². The van der Waals surface area contributed by atoms with Gasteiger partial charge in [-0.3, -0.25) is 0 Å². The van der Waals surface area contributed by atoms with Crippen molar-refractivity contribution < 1.29 is 13.5 Å². The number of phenolic OH excluding ortho intramolecular Hbond substituents is 1. The molecular weight excluding hydrogens is 264 g/mol. The molecule has 0 aromatic heterocycles. The molecule has 0 spiro atoms. The number of nitrogens with one attached hydrogen (secondary N) is 1. The first-order chi connectivity index (χ1) is 9.04. The Morgan fingerprint density at radius 2 is 1.79 bits per heavy atom. The largest absolute Gasteiger partial charge is 0.508 e. The van der Waals surface area contributed by atoms with Crippen molar-refractivity contribution in [3.8, 4) is 5.75 Å². The van der Waals surface area contributed by atoms with Crippen LogP contribution in [0.5, 0.6) is 5.75 Å². The molecule has 1 aromatic rings. The number of hydrogen-bond donors (Lipinski definition) is 2. The SMILES string of the molecule is O=S(=O)(NC1CN2CCC1CC2)c1ccc(O)cc1. The van der Waals surface area contributed by atoms with Crippen molar-refractivity contribution in [3.05, 3.63) is 24.3 Å². The summed E-state index contributed by atoms with van der Waals surface area (Å²) in [4.78, 5) is 2.52. The zero-order chi connectivity index (χ0) is 13.5. The molecule has 0 radical (unpaired) electrons. The Morgan fingerprint density at radius 3 is 2.32 bits per heavy atom. The summed E-state index contributed by atoms with van der Waals surface area (Å²) < 4.78 is 27.4. The molecule has 0 aliphatic carbocycles. The summed E-state index contributed by atoms with van der Waals surface area (Å²) in [6, 6.07) is 5.66. The highest BCUT2D eigenvalue weighted by molar-refractivity contribution is 7.89. The van der Waals surface area contributed by atoms with Gasteiger partial charge in [0.05, 0.1) is 4.90 Å². The van der Waals surface area contributed by atoms with Crippen LogP contribution in [0.15, 0.2) is 29.2 Å². The Hall–Kier alpha value is -1.11. The summed E-state index contributed by atoms with van der Waals surface area (Å²) in [5.74, 6) is 0.527. The lowest BCUT2D eigenvalue weighted by Gasteiger charge is -2.44. The van der Waals surface area contributed by atoms with E-state index >= 15 is 0 Å². The lowest BCUT2D eigenvalue weighted by Crippen LogP contribution is -2.57. The zero-order valence-electron chi connectivity index (χ0n) is 10.6. The van der Waals surface area contributed by atoms with Gasteiger partial charge in [-0.1, -0.05) is 0 Å². The molecule has 3 aliphatic rings. The van der Waals surface area contributed by atoms with Gasteiger partial charge in [-0.2, -0.15) is 0 Å². The maximum absolute atomic E-state index is 12.3. The molecule has 4 rings (SSSR count). The average molecular weight is 282 g/mol. The minimum absolute atomic E-state index is 0.0151. The lowest BCUT2D eigenvalue weighted by atomic mass is 9.85. The van der Waals surface area contributed by atoms with Gasteiger partial charge in [-0.15, -0.1) is 0 Å². The number of benzene rings is 1. The van der Waals surface area contributed by atoms with Crippen LogP contribution in [0.2, 0.25) is 0 Å². The third-order valence-electron chi connectivity index (χ3n) is 4.11. The summed E-state index contributed by atoms with van der Waals surface area (Å²) in [6.07, 6.45) is 2.14. The third kappa shape index (κ3) is 2.61. The second-order valence-corrected chi connectivity index (χ2v) is 7.07. The average Bonchev–Trinajstić information content (AvgIpc) is 2.40. The highest BCUT2D eigenvalue weighted by Crippen LogP contribution is 2.28. The maximum Gasteiger partial charge on any atom is 0.240 e. The summed E-state index contributed by atoms with van der Waals surface area (Å²) in [7, 11) is -3.49. The number of piperidine rings is 3. The van der Waals surface area contributed by atoms with E-state index in [-0.39, 0.29) is 16.7 Å². The van der Waals surface area contributed by atoms with Crippen LogP contribution >= 0.6 is 0 Å². The number of phenols is 1. The van der Waals surface area contributed by atoms with Crippen LogP contribution in [0, 0.1) is 5.92 Å². The van der Waals surface area contributed by atoms with Crippen molar-refractivity contribution >= 4 is 10.0 Å². The van der Waals surface area contributed by atoms with Crippen LogP contribution in [0.1, 0.15) is 12.8 Å². The van der Waals surface area contributed by atoms with E-state index < -0.39 is 10.0 Å². The number of fused-ring (bicyclic) bond motifs is 3. The Bertz CT molecular complexity index is 548. The number of sulfonamides is 1. The van der Waals surface area contributed by atoms with Crippen molar-refractivity contribution in [2.45, 2.75) is 23.8 Å². The highest BCUT2D eigenvalue weighted by Gasteiger charge is 2.36. The minimum atomic E-state index is -3.49. The van der Waals surface area contributed by atoms with Gasteiger partial charge in [-0.25, -0.2) is 13.1 Å². The highest BCUT2D eigenvalue weighted by atomic mass is 32.2. The molecule has 0 amide bonds. The van der Waals surface area contributed by atoms with E-state index in [1.165, 1.54) is 24.3 Å². The standard InChI is InChI=1S/C13H18N2O3S/c16-11-1-3-12(4-2-11)19(17,18)14-13-9-15-7-5-10(13)6-8-15/h1-4,10,13-14,16H,5-9H2. The predicted octanol–water partition coefficient (Wildman–Crippen LogP) is 0.765. The molecular formula is C13H18N2O3S. The smallest absolute Gasteiger partial charge is 0.240 e. The van der Waals surface area contributed by atoms with Gasteiger partial charge < -0.3 is 10.0 Å². The van der Waals surface area contributed by atoms with Gasteiger partial charge in [0, 0.05) is 12.6 Å². The monoisotopic (exact) mass is 282 g/mol. The van der Waals surface area contributed by atoms with E-state index in [0.717, 1.165) is 32.5 Å². The van der Waals surface area contributed by atoms with E-state index in [9.17, 15) is 13.5 Å². The molecule has 1 atom stereocenters. The molecule has 1 unspecified atom stereocenters. The molecule has 6 heteroatoms. The predicted molar refractivity (Wildman–Crippen MR) is 71.4 cm³/mol. The molecule has 0 saturated carbocycles. The van der Waals surface area contributed by atoms with Crippen LogP contribution < -0.4 is 4.72 Å². The van der Waals surface area contributed by atoms with Crippen molar-refractivity contribution in [1.29, 1.82) is 0 Å². The van der Waals surface area contributed by atoms with Crippen LogP contribution in [0.25, 0.3) is 0 Å². The molecule has 5 nitrogen and oxygen atoms in total. The second kappa shape index (κ2) is 4.77. The van der Waals surface area contributed by atoms with Gasteiger partial charge in [0.1, 0.15) is 5.75 Å². The molecule has 3 fully saturated rings. The normalized spacial score (nSPS) is 30.4. The first-order valence-electron chi connectivity index (χ1n) is 6.58. The number of rotatable bonds is 3. The van der Waals surface area contributed by atoms with Crippen molar-refractivity contribution in [2.75, 3.05) is 19.6 Å². The molecule has 3 saturated heterocycles. The second-order valence-electron chi connectivity index (χ2n) is 5.36. The van der Waals surface area contributed by atoms with E-state index in [1.807, 2.05) is 0 Å². The van der Waals surface area contributed by atoms with Gasteiger partial charge in [0.25, 0.3) is 0 Å². The molecule has 104 valence electrons. The Kier molecular flexibility index (Phi) is 3.24. The topological polar surface area (TPSA) is 69.6 Å². The summed E-state index contributed by atoms with van der Waals surface area (Å²) in [5.41, 5.74) is 0. The van der Waals surface area contributed by atoms with Gasteiger partial charge in [0.2, 0.25) is 10.0 Å². The first-order valence-corrected chi connectivity index (χ1v) is 8.07. The van der Waals surface area contributed by atoms with Crippen molar-refractivity contribution in [2.24, 2.45) is 5.92 Å². The van der Waals surface area contributed by atoms with Crippen LogP contribution in [-0.2, 0) is 10.0 Å². The number of aromatic hydroxyl groups is 1. The zero-order valence-corrected chi connectivity index (χ0v) is 11.4. The van der Waals surface area contributed by atoms with E-state index in [2.05, 4.69) is 9.62 Å². The molecule has 1 aromatic carbocycles. The molecule has 2 bridgehead atoms. The lowest BCUT2D eigenvalue weighted by molar-refractivity contribution is 0.0827. The van der Waals surface area contributed by atoms with Crippen LogP contribution in [0.4, 0.5) is 0 Å². The Morgan fingerprint density at radius 1 is 1.16 bits per heavy atom.